The molecule has 32 heteroatoms. The van der Waals surface area contributed by atoms with Gasteiger partial charge in [0.1, 0.15) is 44.2 Å². The van der Waals surface area contributed by atoms with Crippen LogP contribution in [0, 0.1) is 0 Å². The number of fused-ring (bicyclic) bond motifs is 24. The molecule has 6 aromatic rings. The topological polar surface area (TPSA) is 298 Å². The van der Waals surface area contributed by atoms with Gasteiger partial charge in [-0.1, -0.05) is 18.2 Å². The van der Waals surface area contributed by atoms with Crippen molar-refractivity contribution >= 4 is 92.7 Å². The minimum Gasteiger partial charge on any atom is -0.870 e. The smallest absolute Gasteiger partial charge is 0.231 e. The molecule has 9 N–H and O–H groups in total. The standard InChI is InChI=1S/C66H72N6O15PS.6ClH.3H2O/c1-70(25-43-37(4-7-49-64(43)85-31-76-49)58-46(73)16-34-19-52-55(82-28-79-52)22-40(34)61(58)70)13-10-67-88(89,68-11-14-71(2)26-44-38(5-8-50-65(44)86-32-77-50)59-47(74)17-35-20-53-56(83-29-80-53)23-41(35)62(59)71)69-12-15-72(3)27-45-39(6-9-51-66(45)87-33-78-51)60-48(75)18-36-21-54-57(84-30-81-54)24-42(36)63(60)72;;;;;;;;;/h4-9,19-24,46-48,58-63,73-75H,10-18,25-33H2,1-3H3,(H3,67,68,69,89);6*1H;3*1H2/q+3;;;;;;;;;/p-3/t46-,47-,48-,58-,59-,60-,61+,62+,63+,70?,71?,72?,88?;;;;;;;;;/m0........./s1. The minimum atomic E-state index is -2.96. The number of benzene rings is 6. The van der Waals surface area contributed by atoms with Crippen molar-refractivity contribution < 1.29 is 102 Å². The summed E-state index contributed by atoms with van der Waals surface area (Å²) in [5, 5.41) is 49.3. The fourth-order valence-corrected chi connectivity index (χ4v) is 20.5. The van der Waals surface area contributed by atoms with Crippen LogP contribution in [0.1, 0.15) is 103 Å². The monoisotopic (exact) mass is 1520 g/mol. The Balaban J connectivity index is 0.00000125. The number of hydrogen-bond donors (Lipinski definition) is 6. The zero-order valence-electron chi connectivity index (χ0n) is 53.6. The van der Waals surface area contributed by atoms with E-state index in [9.17, 15) is 15.3 Å². The van der Waals surface area contributed by atoms with E-state index in [1.807, 2.05) is 18.2 Å². The van der Waals surface area contributed by atoms with E-state index in [-0.39, 0.29) is 168 Å². The lowest BCUT2D eigenvalue weighted by molar-refractivity contribution is -0.956. The molecular formula is C66H81Cl6N6O18PS. The first-order valence-electron chi connectivity index (χ1n) is 31.1. The summed E-state index contributed by atoms with van der Waals surface area (Å²) in [4.78, 5) is 0. The van der Waals surface area contributed by atoms with Crippen molar-refractivity contribution in [2.24, 2.45) is 0 Å². The maximum atomic E-state index is 12.4. The highest BCUT2D eigenvalue weighted by Gasteiger charge is 2.57. The molecule has 0 amide bonds. The van der Waals surface area contributed by atoms with E-state index in [1.165, 1.54) is 0 Å². The Kier molecular flexibility index (Phi) is 22.5. The number of likely N-dealkylation sites (N-methyl/N-ethyl adjacent to an activating group) is 3. The highest BCUT2D eigenvalue weighted by Crippen LogP contribution is 2.61. The molecule has 6 aromatic carbocycles. The molecule has 18 rings (SSSR count). The van der Waals surface area contributed by atoms with Crippen LogP contribution in [0.4, 0.5) is 0 Å². The Morgan fingerprint density at radius 2 is 0.612 bits per heavy atom. The van der Waals surface area contributed by atoms with Crippen molar-refractivity contribution in [3.8, 4) is 69.0 Å². The Morgan fingerprint density at radius 3 is 0.888 bits per heavy atom. The second-order valence-corrected chi connectivity index (χ2v) is 30.8. The summed E-state index contributed by atoms with van der Waals surface area (Å²) in [6, 6.07) is 24.5. The molecule has 98 heavy (non-hydrogen) atoms. The lowest BCUT2D eigenvalue weighted by atomic mass is 9.69. The number of ether oxygens (including phenoxy) is 12. The first-order valence-corrected chi connectivity index (χ1v) is 33.9. The third-order valence-electron chi connectivity index (χ3n) is 22.0. The Morgan fingerprint density at radius 1 is 0.367 bits per heavy atom. The molecule has 12 aliphatic rings. The van der Waals surface area contributed by atoms with E-state index in [0.717, 1.165) is 101 Å². The van der Waals surface area contributed by atoms with Crippen molar-refractivity contribution in [1.29, 1.82) is 0 Å². The maximum absolute atomic E-state index is 12.4. The predicted octanol–water partition coefficient (Wildman–Crippen LogP) is 8.56. The van der Waals surface area contributed by atoms with Crippen molar-refractivity contribution in [2.75, 3.05) is 101 Å². The molecule has 0 bridgehead atoms. The van der Waals surface area contributed by atoms with Crippen molar-refractivity contribution in [2.45, 2.75) is 93.1 Å². The molecule has 0 radical (unpaired) electrons. The van der Waals surface area contributed by atoms with Gasteiger partial charge in [0.05, 0.1) is 113 Å². The zero-order valence-corrected chi connectivity index (χ0v) is 60.2. The van der Waals surface area contributed by atoms with Gasteiger partial charge in [-0.25, -0.2) is 0 Å². The lowest BCUT2D eigenvalue weighted by Crippen LogP contribution is -2.58. The van der Waals surface area contributed by atoms with Gasteiger partial charge < -0.3 is 102 Å². The average Bonchev–Trinajstić information content (AvgIpc) is 1.14. The molecule has 9 aliphatic heterocycles. The van der Waals surface area contributed by atoms with Crippen LogP contribution in [0.2, 0.25) is 0 Å². The van der Waals surface area contributed by atoms with Crippen molar-refractivity contribution in [3.05, 3.63) is 140 Å². The molecule has 12 atom stereocenters. The average molecular weight is 1520 g/mol. The largest absolute Gasteiger partial charge is 0.870 e. The fourth-order valence-electron chi connectivity index (χ4n) is 18.1. The Hall–Kier alpha value is -5.17. The van der Waals surface area contributed by atoms with Gasteiger partial charge in [0.15, 0.2) is 69.0 Å². The van der Waals surface area contributed by atoms with Crippen LogP contribution >= 0.6 is 80.9 Å². The Labute approximate surface area is 609 Å². The fraction of sp³-hybridized carbons (Fsp3) is 0.455. The van der Waals surface area contributed by atoms with Gasteiger partial charge in [-0.05, 0) is 119 Å². The van der Waals surface area contributed by atoms with E-state index >= 15 is 0 Å². The first kappa shape index (κ1) is 77.0. The third kappa shape index (κ3) is 12.0. The molecular weight excluding hydrogens is 1440 g/mol. The molecule has 24 nitrogen and oxygen atoms in total. The zero-order chi connectivity index (χ0) is 59.9. The summed E-state index contributed by atoms with van der Waals surface area (Å²) in [5.41, 5.74) is 13.0. The molecule has 0 fully saturated rings. The van der Waals surface area contributed by atoms with Crippen LogP contribution in [0.3, 0.4) is 0 Å². The second-order valence-electron chi connectivity index (χ2n) is 27.0. The third-order valence-corrected chi connectivity index (χ3v) is 25.1. The summed E-state index contributed by atoms with van der Waals surface area (Å²) < 4.78 is 74.2. The number of rotatable bonds is 12. The molecule has 0 saturated heterocycles. The van der Waals surface area contributed by atoms with Gasteiger partial charge >= 0.3 is 0 Å². The summed E-state index contributed by atoms with van der Waals surface area (Å²) in [5.74, 6) is 7.90. The second kappa shape index (κ2) is 28.6. The molecule has 0 spiro atoms. The number of quaternary nitrogens is 3. The number of aliphatic hydroxyl groups is 3. The first-order chi connectivity index (χ1) is 43.2. The minimum absolute atomic E-state index is 0. The van der Waals surface area contributed by atoms with Gasteiger partial charge in [0.2, 0.25) is 40.8 Å². The van der Waals surface area contributed by atoms with Crippen LogP contribution in [0.25, 0.3) is 0 Å². The lowest BCUT2D eigenvalue weighted by Gasteiger charge is -2.53. The van der Waals surface area contributed by atoms with Gasteiger partial charge in [-0.3, -0.25) is 15.3 Å². The summed E-state index contributed by atoms with van der Waals surface area (Å²) >= 11 is 7.08. The van der Waals surface area contributed by atoms with E-state index < -0.39 is 24.8 Å². The summed E-state index contributed by atoms with van der Waals surface area (Å²) in [7, 11) is 6.88. The van der Waals surface area contributed by atoms with E-state index in [1.54, 1.807) is 0 Å². The normalized spacial score (nSPS) is 28.4. The van der Waals surface area contributed by atoms with Crippen LogP contribution in [-0.4, -0.2) is 165 Å². The molecule has 3 unspecified atom stereocenters. The SMILES string of the molecule is C[N+]1(CCNP(=S)(NCC[N+]2(C)Cc3c(ccc4c3OCO4)[C@@H]3[C@H]2c2cc4c(cc2C[C@@H]3O)OCO4)NCC[N+]2(C)Cc3c(ccc4c3OCO4)[C@@H]3[C@H]2c2cc4c(cc2C[C@@H]3O)OCO4)Cc2c(ccc3c2OCO3)[C@@H]2[C@H]1c1cc3c(cc1C[C@@H]2O)OCO3.Cl.Cl.Cl.Cl.Cl.Cl.[OH-].[OH-].[OH-]. The quantitative estimate of drug-likeness (QED) is 0.0494. The number of hydrogen-bond acceptors (Lipinski definition) is 19. The van der Waals surface area contributed by atoms with Gasteiger partial charge in [0.25, 0.3) is 0 Å². The van der Waals surface area contributed by atoms with Crippen LogP contribution < -0.4 is 72.1 Å². The molecule has 536 valence electrons. The molecule has 0 saturated carbocycles. The van der Waals surface area contributed by atoms with E-state index in [2.05, 4.69) is 91.0 Å². The molecule has 0 aromatic heterocycles. The predicted molar refractivity (Wildman–Crippen MR) is 373 cm³/mol. The van der Waals surface area contributed by atoms with Crippen molar-refractivity contribution in [1.82, 2.24) is 15.3 Å². The molecule has 3 aliphatic carbocycles. The maximum Gasteiger partial charge on any atom is 0.231 e. The van der Waals surface area contributed by atoms with Crippen LogP contribution in [0.5, 0.6) is 69.0 Å². The van der Waals surface area contributed by atoms with Crippen LogP contribution in [0.15, 0.2) is 72.8 Å². The van der Waals surface area contributed by atoms with Gasteiger partial charge in [-0.15, -0.1) is 74.4 Å². The van der Waals surface area contributed by atoms with Crippen molar-refractivity contribution in [3.63, 3.8) is 0 Å². The number of nitrogens with one attached hydrogen (secondary N) is 3. The van der Waals surface area contributed by atoms with E-state index in [0.29, 0.717) is 126 Å². The van der Waals surface area contributed by atoms with Crippen LogP contribution in [-0.2, 0) is 50.7 Å². The summed E-state index contributed by atoms with van der Waals surface area (Å²) in [6.45, 7) is 3.20. The number of aliphatic hydroxyl groups excluding tert-OH is 3. The number of nitrogens with zero attached hydrogens (tertiary/aromatic N) is 3. The Bertz CT molecular complexity index is 3690. The molecule has 9 heterocycles. The summed E-state index contributed by atoms with van der Waals surface area (Å²) in [6.07, 6.45) is -0.622. The number of halogens is 6. The van der Waals surface area contributed by atoms with Gasteiger partial charge in [0, 0.05) is 16.7 Å². The highest BCUT2D eigenvalue weighted by atomic mass is 35.5. The highest BCUT2D eigenvalue weighted by molar-refractivity contribution is 8.11. The van der Waals surface area contributed by atoms with E-state index in [4.69, 9.17) is 68.6 Å². The van der Waals surface area contributed by atoms with Gasteiger partial charge in [-0.2, -0.15) is 0 Å².